The molecule has 17 heavy (non-hydrogen) atoms. The van der Waals surface area contributed by atoms with E-state index in [1.54, 1.807) is 0 Å². The van der Waals surface area contributed by atoms with Gasteiger partial charge in [-0.3, -0.25) is 0 Å². The van der Waals surface area contributed by atoms with Crippen LogP contribution in [-0.2, 0) is 26.3 Å². The van der Waals surface area contributed by atoms with E-state index in [0.29, 0.717) is 0 Å². The highest BCUT2D eigenvalue weighted by Crippen LogP contribution is 2.08. The fourth-order valence-electron chi connectivity index (χ4n) is 2.14. The minimum atomic E-state index is 1.01. The molecule has 0 N–H and O–H groups in total. The summed E-state index contributed by atoms with van der Waals surface area (Å²) in [5.74, 6) is 1.18. The first-order valence-corrected chi connectivity index (χ1v) is 6.34. The number of rotatable bonds is 5. The lowest BCUT2D eigenvalue weighted by Gasteiger charge is -1.99. The van der Waals surface area contributed by atoms with Crippen LogP contribution >= 0.6 is 0 Å². The van der Waals surface area contributed by atoms with Gasteiger partial charge in [-0.1, -0.05) is 37.3 Å². The zero-order chi connectivity index (χ0) is 12.1. The lowest BCUT2D eigenvalue weighted by Crippen LogP contribution is -1.93. The number of aryl methyl sites for hydroxylation is 4. The number of aromatic nitrogens is 2. The van der Waals surface area contributed by atoms with Crippen molar-refractivity contribution in [1.29, 1.82) is 0 Å². The molecule has 0 fully saturated rings. The van der Waals surface area contributed by atoms with Gasteiger partial charge in [0.15, 0.2) is 0 Å². The summed E-state index contributed by atoms with van der Waals surface area (Å²) in [6.45, 7) is 2.15. The molecular weight excluding hydrogens is 208 g/mol. The van der Waals surface area contributed by atoms with Crippen LogP contribution in [0.3, 0.4) is 0 Å². The average Bonchev–Trinajstić information content (AvgIpc) is 2.71. The number of benzene rings is 1. The Morgan fingerprint density at radius 2 is 1.88 bits per heavy atom. The van der Waals surface area contributed by atoms with Crippen molar-refractivity contribution in [3.8, 4) is 0 Å². The maximum absolute atomic E-state index is 4.62. The summed E-state index contributed by atoms with van der Waals surface area (Å²) < 4.78 is 2.14. The van der Waals surface area contributed by atoms with Gasteiger partial charge < -0.3 is 4.57 Å². The smallest absolute Gasteiger partial charge is 0.108 e. The number of hydrogen-bond acceptors (Lipinski definition) is 1. The molecule has 0 aliphatic rings. The van der Waals surface area contributed by atoms with Gasteiger partial charge in [0.2, 0.25) is 0 Å². The van der Waals surface area contributed by atoms with Gasteiger partial charge >= 0.3 is 0 Å². The molecule has 0 bridgehead atoms. The molecule has 2 rings (SSSR count). The monoisotopic (exact) mass is 228 g/mol. The highest BCUT2D eigenvalue weighted by atomic mass is 15.0. The molecule has 2 heteroatoms. The zero-order valence-corrected chi connectivity index (χ0v) is 10.7. The van der Waals surface area contributed by atoms with Crippen LogP contribution in [0.2, 0.25) is 0 Å². The van der Waals surface area contributed by atoms with Gasteiger partial charge in [0.05, 0.1) is 5.69 Å². The summed E-state index contributed by atoms with van der Waals surface area (Å²) in [5.41, 5.74) is 2.64. The van der Waals surface area contributed by atoms with Gasteiger partial charge in [-0.25, -0.2) is 4.98 Å². The molecule has 0 amide bonds. The van der Waals surface area contributed by atoms with Crippen molar-refractivity contribution < 1.29 is 0 Å². The maximum atomic E-state index is 4.62. The highest BCUT2D eigenvalue weighted by molar-refractivity contribution is 5.15. The van der Waals surface area contributed by atoms with Crippen molar-refractivity contribution in [3.05, 3.63) is 53.6 Å². The van der Waals surface area contributed by atoms with E-state index in [1.807, 2.05) is 0 Å². The SMILES string of the molecule is CCc1nc(CCCc2ccccc2)cn1C. The Labute approximate surface area is 103 Å². The first-order chi connectivity index (χ1) is 8.29. The van der Waals surface area contributed by atoms with Gasteiger partial charge in [-0.2, -0.15) is 0 Å². The molecule has 0 aliphatic heterocycles. The molecule has 1 aromatic carbocycles. The first kappa shape index (κ1) is 11.9. The Kier molecular flexibility index (Phi) is 3.97. The predicted molar refractivity (Wildman–Crippen MR) is 71.1 cm³/mol. The third-order valence-electron chi connectivity index (χ3n) is 3.08. The van der Waals surface area contributed by atoms with Crippen molar-refractivity contribution in [2.75, 3.05) is 0 Å². The fourth-order valence-corrected chi connectivity index (χ4v) is 2.14. The van der Waals surface area contributed by atoms with Crippen LogP contribution in [0.25, 0.3) is 0 Å². The summed E-state index contributed by atoms with van der Waals surface area (Å²) in [6, 6.07) is 10.7. The first-order valence-electron chi connectivity index (χ1n) is 6.34. The lowest BCUT2D eigenvalue weighted by atomic mass is 10.1. The molecule has 90 valence electrons. The molecule has 0 unspecified atom stereocenters. The van der Waals surface area contributed by atoms with E-state index in [9.17, 15) is 0 Å². The van der Waals surface area contributed by atoms with E-state index < -0.39 is 0 Å². The van der Waals surface area contributed by atoms with Crippen LogP contribution in [0.1, 0.15) is 30.4 Å². The third kappa shape index (κ3) is 3.19. The molecular formula is C15H20N2. The molecule has 1 heterocycles. The molecule has 2 nitrogen and oxygen atoms in total. The van der Waals surface area contributed by atoms with Crippen molar-refractivity contribution in [3.63, 3.8) is 0 Å². The second kappa shape index (κ2) is 5.67. The van der Waals surface area contributed by atoms with Gasteiger partial charge in [-0.15, -0.1) is 0 Å². The number of imidazole rings is 1. The normalized spacial score (nSPS) is 10.7. The minimum absolute atomic E-state index is 1.01. The van der Waals surface area contributed by atoms with Crippen LogP contribution in [0.5, 0.6) is 0 Å². The Balaban J connectivity index is 1.86. The Hall–Kier alpha value is -1.57. The van der Waals surface area contributed by atoms with E-state index in [1.165, 1.54) is 23.5 Å². The van der Waals surface area contributed by atoms with E-state index >= 15 is 0 Å². The Morgan fingerprint density at radius 1 is 1.12 bits per heavy atom. The van der Waals surface area contributed by atoms with Crippen molar-refractivity contribution in [1.82, 2.24) is 9.55 Å². The Bertz CT molecular complexity index is 457. The second-order valence-electron chi connectivity index (χ2n) is 4.45. The van der Waals surface area contributed by atoms with E-state index in [-0.39, 0.29) is 0 Å². The van der Waals surface area contributed by atoms with Crippen molar-refractivity contribution in [2.45, 2.75) is 32.6 Å². The summed E-state index contributed by atoms with van der Waals surface area (Å²) in [7, 11) is 2.08. The standard InChI is InChI=1S/C15H20N2/c1-3-15-16-14(12-17(15)2)11-7-10-13-8-5-4-6-9-13/h4-6,8-9,12H,3,7,10-11H2,1-2H3. The summed E-state index contributed by atoms with van der Waals surface area (Å²) in [6.07, 6.45) is 6.55. The molecule has 0 aliphatic carbocycles. The molecule has 0 atom stereocenters. The lowest BCUT2D eigenvalue weighted by molar-refractivity contribution is 0.797. The molecule has 0 saturated heterocycles. The van der Waals surface area contributed by atoms with Gasteiger partial charge in [0.1, 0.15) is 5.82 Å². The van der Waals surface area contributed by atoms with Crippen LogP contribution in [0.15, 0.2) is 36.5 Å². The molecule has 0 radical (unpaired) electrons. The second-order valence-corrected chi connectivity index (χ2v) is 4.45. The van der Waals surface area contributed by atoms with E-state index in [4.69, 9.17) is 0 Å². The van der Waals surface area contributed by atoms with Crippen LogP contribution < -0.4 is 0 Å². The number of nitrogens with zero attached hydrogens (tertiary/aromatic N) is 2. The van der Waals surface area contributed by atoms with Gasteiger partial charge in [0.25, 0.3) is 0 Å². The minimum Gasteiger partial charge on any atom is -0.338 e. The quantitative estimate of drug-likeness (QED) is 0.768. The highest BCUT2D eigenvalue weighted by Gasteiger charge is 2.03. The summed E-state index contributed by atoms with van der Waals surface area (Å²) in [4.78, 5) is 4.62. The van der Waals surface area contributed by atoms with Gasteiger partial charge in [-0.05, 0) is 24.8 Å². The van der Waals surface area contributed by atoms with Crippen LogP contribution in [0, 0.1) is 0 Å². The fraction of sp³-hybridized carbons (Fsp3) is 0.400. The predicted octanol–water partition coefficient (Wildman–Crippen LogP) is 3.16. The largest absolute Gasteiger partial charge is 0.338 e. The van der Waals surface area contributed by atoms with Gasteiger partial charge in [0, 0.05) is 19.7 Å². The molecule has 2 aromatic rings. The maximum Gasteiger partial charge on any atom is 0.108 e. The van der Waals surface area contributed by atoms with Crippen molar-refractivity contribution >= 4 is 0 Å². The molecule has 0 saturated carbocycles. The average molecular weight is 228 g/mol. The zero-order valence-electron chi connectivity index (χ0n) is 10.7. The number of hydrogen-bond donors (Lipinski definition) is 0. The van der Waals surface area contributed by atoms with Crippen LogP contribution in [0.4, 0.5) is 0 Å². The van der Waals surface area contributed by atoms with Crippen molar-refractivity contribution in [2.24, 2.45) is 7.05 Å². The summed E-state index contributed by atoms with van der Waals surface area (Å²) in [5, 5.41) is 0. The van der Waals surface area contributed by atoms with Crippen LogP contribution in [-0.4, -0.2) is 9.55 Å². The Morgan fingerprint density at radius 3 is 2.53 bits per heavy atom. The topological polar surface area (TPSA) is 17.8 Å². The van der Waals surface area contributed by atoms with E-state index in [0.717, 1.165) is 19.3 Å². The van der Waals surface area contributed by atoms with E-state index in [2.05, 4.69) is 60.1 Å². The molecule has 0 spiro atoms. The third-order valence-corrected chi connectivity index (χ3v) is 3.08. The molecule has 1 aromatic heterocycles. The summed E-state index contributed by atoms with van der Waals surface area (Å²) >= 11 is 0.